The van der Waals surface area contributed by atoms with Crippen molar-refractivity contribution in [2.24, 2.45) is 0 Å². The molecule has 0 spiro atoms. The number of nitrogens with zero attached hydrogens (tertiary/aromatic N) is 4. The summed E-state index contributed by atoms with van der Waals surface area (Å²) in [6, 6.07) is 25.3. The van der Waals surface area contributed by atoms with Crippen LogP contribution < -0.4 is 5.32 Å². The van der Waals surface area contributed by atoms with Gasteiger partial charge < -0.3 is 10.1 Å². The molecule has 0 unspecified atom stereocenters. The molecule has 198 valence electrons. The van der Waals surface area contributed by atoms with Crippen molar-refractivity contribution < 1.29 is 9.13 Å². The maximum atomic E-state index is 14.7. The van der Waals surface area contributed by atoms with Crippen LogP contribution in [0, 0.1) is 5.82 Å². The maximum absolute atomic E-state index is 14.7. The number of hydrogen-bond acceptors (Lipinski definition) is 6. The molecule has 6 nitrogen and oxygen atoms in total. The van der Waals surface area contributed by atoms with Gasteiger partial charge in [0.15, 0.2) is 0 Å². The molecule has 0 aliphatic carbocycles. The summed E-state index contributed by atoms with van der Waals surface area (Å²) in [7, 11) is 1.76. The Labute approximate surface area is 228 Å². The Morgan fingerprint density at radius 3 is 2.44 bits per heavy atom. The average Bonchev–Trinajstić information content (AvgIpc) is 2.97. The first-order valence-corrected chi connectivity index (χ1v) is 13.4. The Balaban J connectivity index is 1.23. The fraction of sp³-hybridized carbons (Fsp3) is 0.250. The minimum atomic E-state index is -0.242. The maximum Gasteiger partial charge on any atom is 0.227 e. The number of anilines is 2. The predicted octanol–water partition coefficient (Wildman–Crippen LogP) is 6.10. The Morgan fingerprint density at radius 2 is 1.62 bits per heavy atom. The van der Waals surface area contributed by atoms with E-state index in [0.717, 1.165) is 78.8 Å². The van der Waals surface area contributed by atoms with Crippen molar-refractivity contribution in [1.82, 2.24) is 19.8 Å². The molecular weight excluding hydrogens is 489 g/mol. The molecule has 1 aliphatic rings. The van der Waals surface area contributed by atoms with Gasteiger partial charge in [0, 0.05) is 74.6 Å². The van der Waals surface area contributed by atoms with E-state index >= 15 is 0 Å². The summed E-state index contributed by atoms with van der Waals surface area (Å²) in [4.78, 5) is 14.4. The van der Waals surface area contributed by atoms with Gasteiger partial charge >= 0.3 is 0 Å². The third-order valence-electron chi connectivity index (χ3n) is 7.42. The van der Waals surface area contributed by atoms with Crippen LogP contribution in [0.3, 0.4) is 0 Å². The molecule has 0 bridgehead atoms. The normalized spacial score (nSPS) is 14.7. The number of rotatable bonds is 8. The van der Waals surface area contributed by atoms with Crippen molar-refractivity contribution in [2.45, 2.75) is 6.54 Å². The number of nitrogens with one attached hydrogen (secondary N) is 1. The number of hydrogen-bond donors (Lipinski definition) is 1. The molecule has 1 aliphatic heterocycles. The highest BCUT2D eigenvalue weighted by molar-refractivity contribution is 6.12. The molecule has 1 aromatic heterocycles. The third kappa shape index (κ3) is 5.61. The summed E-state index contributed by atoms with van der Waals surface area (Å²) in [5, 5.41) is 6.20. The van der Waals surface area contributed by atoms with E-state index < -0.39 is 0 Å². The molecule has 0 radical (unpaired) electrons. The van der Waals surface area contributed by atoms with Gasteiger partial charge in [0.25, 0.3) is 0 Å². The SMILES string of the molecule is COCCN1CCN(Cc2cccc(Nc3ncc4cc(-c5ccccc5F)c5ccccc5c4n3)c2)CC1. The average molecular weight is 522 g/mol. The first kappa shape index (κ1) is 25.4. The molecule has 0 saturated carbocycles. The van der Waals surface area contributed by atoms with Gasteiger partial charge in [0.1, 0.15) is 5.82 Å². The van der Waals surface area contributed by atoms with E-state index in [-0.39, 0.29) is 5.82 Å². The standard InChI is InChI=1S/C32H32FN5O/c1-39-18-17-37-13-15-38(16-14-37)22-23-7-6-8-25(19-23)35-32-34-21-24-20-29(27-10-4-5-12-30(27)33)26-9-2-3-11-28(26)31(24)36-32/h2-12,19-21H,13-18,22H2,1H3,(H,34,35,36). The zero-order valence-electron chi connectivity index (χ0n) is 22.1. The van der Waals surface area contributed by atoms with Crippen molar-refractivity contribution in [3.8, 4) is 11.1 Å². The molecule has 1 N–H and O–H groups in total. The zero-order chi connectivity index (χ0) is 26.6. The van der Waals surface area contributed by atoms with Gasteiger partial charge in [-0.25, -0.2) is 14.4 Å². The van der Waals surface area contributed by atoms with Crippen LogP contribution in [0.25, 0.3) is 32.8 Å². The van der Waals surface area contributed by atoms with Gasteiger partial charge in [0.05, 0.1) is 12.1 Å². The molecule has 0 amide bonds. The molecule has 7 heteroatoms. The second-order valence-electron chi connectivity index (χ2n) is 10.0. The monoisotopic (exact) mass is 521 g/mol. The number of benzene rings is 4. The van der Waals surface area contributed by atoms with Crippen LogP contribution in [0.15, 0.2) is 85.1 Å². The summed E-state index contributed by atoms with van der Waals surface area (Å²) in [6.45, 7) is 6.93. The molecule has 1 saturated heterocycles. The van der Waals surface area contributed by atoms with E-state index in [1.54, 1.807) is 13.2 Å². The number of fused-ring (bicyclic) bond motifs is 3. The van der Waals surface area contributed by atoms with Crippen molar-refractivity contribution in [3.05, 3.63) is 96.4 Å². The summed E-state index contributed by atoms with van der Waals surface area (Å²) >= 11 is 0. The van der Waals surface area contributed by atoms with Crippen LogP contribution in [0.4, 0.5) is 16.0 Å². The summed E-state index contributed by atoms with van der Waals surface area (Å²) in [5.74, 6) is 0.296. The van der Waals surface area contributed by atoms with E-state index in [1.807, 2.05) is 54.7 Å². The van der Waals surface area contributed by atoms with Crippen LogP contribution in [-0.4, -0.2) is 66.2 Å². The molecule has 39 heavy (non-hydrogen) atoms. The Bertz CT molecular complexity index is 1600. The van der Waals surface area contributed by atoms with Crippen molar-refractivity contribution in [2.75, 3.05) is 51.8 Å². The third-order valence-corrected chi connectivity index (χ3v) is 7.42. The number of piperazine rings is 1. The Hall–Kier alpha value is -3.91. The smallest absolute Gasteiger partial charge is 0.227 e. The van der Waals surface area contributed by atoms with E-state index in [9.17, 15) is 4.39 Å². The quantitative estimate of drug-likeness (QED) is 0.249. The second kappa shape index (κ2) is 11.5. The number of halogens is 1. The topological polar surface area (TPSA) is 53.5 Å². The van der Waals surface area contributed by atoms with Crippen LogP contribution in [0.5, 0.6) is 0 Å². The van der Waals surface area contributed by atoms with Gasteiger partial charge in [-0.05, 0) is 40.8 Å². The van der Waals surface area contributed by atoms with E-state index in [0.29, 0.717) is 11.5 Å². The highest BCUT2D eigenvalue weighted by Crippen LogP contribution is 2.35. The Kier molecular flexibility index (Phi) is 7.45. The van der Waals surface area contributed by atoms with Gasteiger partial charge in [-0.2, -0.15) is 0 Å². The molecular formula is C32H32FN5O. The van der Waals surface area contributed by atoms with E-state index in [2.05, 4.69) is 38.3 Å². The lowest BCUT2D eigenvalue weighted by atomic mass is 9.95. The van der Waals surface area contributed by atoms with Gasteiger partial charge in [0.2, 0.25) is 5.95 Å². The van der Waals surface area contributed by atoms with Gasteiger partial charge in [-0.3, -0.25) is 9.80 Å². The van der Waals surface area contributed by atoms with Crippen LogP contribution >= 0.6 is 0 Å². The molecule has 6 rings (SSSR count). The van der Waals surface area contributed by atoms with Gasteiger partial charge in [-0.1, -0.05) is 54.6 Å². The first-order chi connectivity index (χ1) is 19.2. The summed E-state index contributed by atoms with van der Waals surface area (Å²) in [5.41, 5.74) is 4.47. The highest BCUT2D eigenvalue weighted by atomic mass is 19.1. The molecule has 0 atom stereocenters. The van der Waals surface area contributed by atoms with E-state index in [1.165, 1.54) is 11.6 Å². The minimum Gasteiger partial charge on any atom is -0.383 e. The van der Waals surface area contributed by atoms with Gasteiger partial charge in [-0.15, -0.1) is 0 Å². The van der Waals surface area contributed by atoms with Crippen LogP contribution in [-0.2, 0) is 11.3 Å². The van der Waals surface area contributed by atoms with Crippen LogP contribution in [0.1, 0.15) is 5.56 Å². The van der Waals surface area contributed by atoms with Crippen molar-refractivity contribution >= 4 is 33.3 Å². The lowest BCUT2D eigenvalue weighted by Gasteiger charge is -2.34. The highest BCUT2D eigenvalue weighted by Gasteiger charge is 2.17. The predicted molar refractivity (Wildman–Crippen MR) is 156 cm³/mol. The largest absolute Gasteiger partial charge is 0.383 e. The van der Waals surface area contributed by atoms with E-state index in [4.69, 9.17) is 9.72 Å². The Morgan fingerprint density at radius 1 is 0.846 bits per heavy atom. The second-order valence-corrected chi connectivity index (χ2v) is 10.0. The lowest BCUT2D eigenvalue weighted by Crippen LogP contribution is -2.46. The lowest BCUT2D eigenvalue weighted by molar-refractivity contribution is 0.0938. The zero-order valence-corrected chi connectivity index (χ0v) is 22.1. The molecule has 5 aromatic rings. The van der Waals surface area contributed by atoms with Crippen molar-refractivity contribution in [1.29, 1.82) is 0 Å². The first-order valence-electron chi connectivity index (χ1n) is 13.4. The fourth-order valence-electron chi connectivity index (χ4n) is 5.36. The number of aromatic nitrogens is 2. The summed E-state index contributed by atoms with van der Waals surface area (Å²) in [6.07, 6.45) is 1.81. The fourth-order valence-corrected chi connectivity index (χ4v) is 5.36. The number of methoxy groups -OCH3 is 1. The van der Waals surface area contributed by atoms with Crippen molar-refractivity contribution in [3.63, 3.8) is 0 Å². The minimum absolute atomic E-state index is 0.242. The molecule has 1 fully saturated rings. The molecule has 4 aromatic carbocycles. The number of ether oxygens (including phenoxy) is 1. The summed E-state index contributed by atoms with van der Waals surface area (Å²) < 4.78 is 19.9. The van der Waals surface area contributed by atoms with Crippen LogP contribution in [0.2, 0.25) is 0 Å². The molecule has 2 heterocycles.